The van der Waals surface area contributed by atoms with Crippen molar-refractivity contribution in [2.45, 2.75) is 46.6 Å². The first-order valence-corrected chi connectivity index (χ1v) is 9.22. The zero-order valence-electron chi connectivity index (χ0n) is 16.6. The molecule has 2 N–H and O–H groups in total. The molecule has 1 amide bonds. The van der Waals surface area contributed by atoms with Crippen LogP contribution in [0.25, 0.3) is 0 Å². The lowest BCUT2D eigenvalue weighted by Crippen LogP contribution is -2.45. The minimum atomic E-state index is 0. The van der Waals surface area contributed by atoms with Crippen LogP contribution in [0.2, 0.25) is 0 Å². The number of carbonyl (C=O) groups excluding carboxylic acids is 1. The first-order chi connectivity index (χ1) is 11.9. The maximum atomic E-state index is 12.1. The molecule has 1 aromatic rings. The lowest BCUT2D eigenvalue weighted by Gasteiger charge is -2.20. The van der Waals surface area contributed by atoms with Crippen molar-refractivity contribution in [3.05, 3.63) is 34.9 Å². The van der Waals surface area contributed by atoms with Crippen molar-refractivity contribution < 1.29 is 4.79 Å². The van der Waals surface area contributed by atoms with Gasteiger partial charge in [-0.25, -0.2) is 0 Å². The maximum absolute atomic E-state index is 12.1. The van der Waals surface area contributed by atoms with Crippen LogP contribution < -0.4 is 10.6 Å². The molecule has 0 aromatic heterocycles. The molecule has 5 nitrogen and oxygen atoms in total. The third-order valence-corrected chi connectivity index (χ3v) is 4.55. The second-order valence-corrected chi connectivity index (χ2v) is 7.31. The fourth-order valence-electron chi connectivity index (χ4n) is 3.37. The van der Waals surface area contributed by atoms with Crippen LogP contribution >= 0.6 is 24.0 Å². The first-order valence-electron chi connectivity index (χ1n) is 9.22. The van der Waals surface area contributed by atoms with Crippen LogP contribution in [-0.4, -0.2) is 49.5 Å². The molecule has 1 atom stereocenters. The number of carbonyl (C=O) groups is 1. The number of aliphatic imine (C=N–C) groups is 1. The summed E-state index contributed by atoms with van der Waals surface area (Å²) < 4.78 is 0. The average Bonchev–Trinajstić information content (AvgIpc) is 3.00. The molecule has 0 bridgehead atoms. The maximum Gasteiger partial charge on any atom is 0.225 e. The molecule has 0 spiro atoms. The van der Waals surface area contributed by atoms with Crippen molar-refractivity contribution in [3.63, 3.8) is 0 Å². The van der Waals surface area contributed by atoms with Crippen LogP contribution in [-0.2, 0) is 11.2 Å². The lowest BCUT2D eigenvalue weighted by atomic mass is 10.1. The third kappa shape index (κ3) is 6.78. The van der Waals surface area contributed by atoms with Crippen LogP contribution in [0.4, 0.5) is 0 Å². The van der Waals surface area contributed by atoms with E-state index in [4.69, 9.17) is 0 Å². The van der Waals surface area contributed by atoms with Gasteiger partial charge in [0.05, 0.1) is 0 Å². The van der Waals surface area contributed by atoms with Crippen LogP contribution in [0.5, 0.6) is 0 Å². The lowest BCUT2D eigenvalue weighted by molar-refractivity contribution is -0.133. The first kappa shape index (κ1) is 22.7. The van der Waals surface area contributed by atoms with Crippen molar-refractivity contribution in [2.24, 2.45) is 10.9 Å². The fraction of sp³-hybridized carbons (Fsp3) is 0.600. The van der Waals surface area contributed by atoms with E-state index in [0.717, 1.165) is 38.4 Å². The van der Waals surface area contributed by atoms with Crippen LogP contribution in [0, 0.1) is 19.8 Å². The van der Waals surface area contributed by atoms with Crippen LogP contribution in [0.15, 0.2) is 23.2 Å². The SMILES string of the molecule is CN=C(NCCc1cc(C)cc(C)c1)NC1CCN(C(=O)C(C)C)C1.I. The standard InChI is InChI=1S/C20H32N4O.HI/c1-14(2)19(25)24-9-7-18(13-24)23-20(21-5)22-8-6-17-11-15(3)10-16(4)12-17;/h10-12,14,18H,6-9,13H2,1-5H3,(H2,21,22,23);1H. The predicted molar refractivity (Wildman–Crippen MR) is 119 cm³/mol. The third-order valence-electron chi connectivity index (χ3n) is 4.55. The van der Waals surface area contributed by atoms with Crippen molar-refractivity contribution >= 4 is 35.8 Å². The second kappa shape index (κ2) is 10.7. The number of hydrogen-bond donors (Lipinski definition) is 2. The molecule has 1 fully saturated rings. The normalized spacial score (nSPS) is 17.2. The van der Waals surface area contributed by atoms with E-state index < -0.39 is 0 Å². The molecule has 1 unspecified atom stereocenters. The number of halogens is 1. The van der Waals surface area contributed by atoms with Gasteiger partial charge in [-0.05, 0) is 32.3 Å². The summed E-state index contributed by atoms with van der Waals surface area (Å²) in [4.78, 5) is 18.3. The topological polar surface area (TPSA) is 56.7 Å². The van der Waals surface area contributed by atoms with Gasteiger partial charge in [-0.15, -0.1) is 24.0 Å². The zero-order valence-corrected chi connectivity index (χ0v) is 19.0. The van der Waals surface area contributed by atoms with Gasteiger partial charge < -0.3 is 15.5 Å². The summed E-state index contributed by atoms with van der Waals surface area (Å²) in [6.07, 6.45) is 1.93. The summed E-state index contributed by atoms with van der Waals surface area (Å²) in [6, 6.07) is 6.94. The number of guanidine groups is 1. The smallest absolute Gasteiger partial charge is 0.225 e. The Morgan fingerprint density at radius 1 is 1.27 bits per heavy atom. The number of amides is 1. The Hall–Kier alpha value is -1.31. The molecule has 2 rings (SSSR count). The number of aryl methyl sites for hydroxylation is 2. The van der Waals surface area contributed by atoms with E-state index in [1.165, 1.54) is 16.7 Å². The Morgan fingerprint density at radius 3 is 2.50 bits per heavy atom. The number of hydrogen-bond acceptors (Lipinski definition) is 2. The van der Waals surface area contributed by atoms with Crippen LogP contribution in [0.1, 0.15) is 37.0 Å². The average molecular weight is 472 g/mol. The van der Waals surface area contributed by atoms with E-state index in [2.05, 4.69) is 47.7 Å². The predicted octanol–water partition coefficient (Wildman–Crippen LogP) is 2.89. The molecule has 1 aromatic carbocycles. The summed E-state index contributed by atoms with van der Waals surface area (Å²) in [5, 5.41) is 6.83. The summed E-state index contributed by atoms with van der Waals surface area (Å²) in [5.74, 6) is 1.12. The molecule has 146 valence electrons. The van der Waals surface area contributed by atoms with E-state index in [9.17, 15) is 4.79 Å². The molecular formula is C20H33IN4O. The molecule has 1 heterocycles. The summed E-state index contributed by atoms with van der Waals surface area (Å²) >= 11 is 0. The van der Waals surface area contributed by atoms with Gasteiger partial charge in [-0.3, -0.25) is 9.79 Å². The van der Waals surface area contributed by atoms with Gasteiger partial charge in [-0.1, -0.05) is 43.2 Å². The van der Waals surface area contributed by atoms with Crippen molar-refractivity contribution in [3.8, 4) is 0 Å². The van der Waals surface area contributed by atoms with E-state index in [0.29, 0.717) is 0 Å². The highest BCUT2D eigenvalue weighted by molar-refractivity contribution is 14.0. The van der Waals surface area contributed by atoms with Crippen LogP contribution in [0.3, 0.4) is 0 Å². The largest absolute Gasteiger partial charge is 0.356 e. The molecule has 1 aliphatic heterocycles. The van der Waals surface area contributed by atoms with Gasteiger partial charge in [0.1, 0.15) is 0 Å². The number of benzene rings is 1. The number of likely N-dealkylation sites (tertiary alicyclic amines) is 1. The number of rotatable bonds is 5. The number of nitrogens with zero attached hydrogens (tertiary/aromatic N) is 2. The zero-order chi connectivity index (χ0) is 18.4. The second-order valence-electron chi connectivity index (χ2n) is 7.31. The summed E-state index contributed by atoms with van der Waals surface area (Å²) in [5.41, 5.74) is 3.95. The van der Waals surface area contributed by atoms with Crippen molar-refractivity contribution in [1.29, 1.82) is 0 Å². The summed E-state index contributed by atoms with van der Waals surface area (Å²) in [7, 11) is 1.79. The summed E-state index contributed by atoms with van der Waals surface area (Å²) in [6.45, 7) is 10.6. The minimum absolute atomic E-state index is 0. The van der Waals surface area contributed by atoms with Gasteiger partial charge in [0, 0.05) is 38.6 Å². The fourth-order valence-corrected chi connectivity index (χ4v) is 3.37. The van der Waals surface area contributed by atoms with E-state index in [1.54, 1.807) is 7.05 Å². The van der Waals surface area contributed by atoms with Gasteiger partial charge in [0.25, 0.3) is 0 Å². The highest BCUT2D eigenvalue weighted by Crippen LogP contribution is 2.13. The molecule has 6 heteroatoms. The van der Waals surface area contributed by atoms with E-state index >= 15 is 0 Å². The van der Waals surface area contributed by atoms with Gasteiger partial charge in [0.2, 0.25) is 5.91 Å². The Labute approximate surface area is 175 Å². The molecule has 1 aliphatic rings. The molecule has 26 heavy (non-hydrogen) atoms. The van der Waals surface area contributed by atoms with E-state index in [1.807, 2.05) is 18.7 Å². The van der Waals surface area contributed by atoms with Gasteiger partial charge in [0.15, 0.2) is 5.96 Å². The molecule has 0 saturated carbocycles. The Bertz CT molecular complexity index is 610. The van der Waals surface area contributed by atoms with Crippen molar-refractivity contribution in [1.82, 2.24) is 15.5 Å². The molecular weight excluding hydrogens is 439 g/mol. The Morgan fingerprint density at radius 2 is 1.92 bits per heavy atom. The van der Waals surface area contributed by atoms with Gasteiger partial charge in [-0.2, -0.15) is 0 Å². The monoisotopic (exact) mass is 472 g/mol. The van der Waals surface area contributed by atoms with E-state index in [-0.39, 0.29) is 41.8 Å². The minimum Gasteiger partial charge on any atom is -0.356 e. The molecule has 1 saturated heterocycles. The Balaban J connectivity index is 0.00000338. The quantitative estimate of drug-likeness (QED) is 0.394. The molecule has 0 aliphatic carbocycles. The highest BCUT2D eigenvalue weighted by atomic mass is 127. The van der Waals surface area contributed by atoms with Crippen molar-refractivity contribution in [2.75, 3.05) is 26.7 Å². The highest BCUT2D eigenvalue weighted by Gasteiger charge is 2.27. The molecule has 0 radical (unpaired) electrons. The van der Waals surface area contributed by atoms with Gasteiger partial charge >= 0.3 is 0 Å². The number of nitrogens with one attached hydrogen (secondary N) is 2. The Kier molecular flexibility index (Phi) is 9.39.